The van der Waals surface area contributed by atoms with E-state index >= 15 is 0 Å². The lowest BCUT2D eigenvalue weighted by Gasteiger charge is -2.31. The Labute approximate surface area is 120 Å². The molecule has 7 nitrogen and oxygen atoms in total. The van der Waals surface area contributed by atoms with E-state index in [1.54, 1.807) is 4.68 Å². The second kappa shape index (κ2) is 6.66. The second-order valence-electron chi connectivity index (χ2n) is 5.23. The Hall–Kier alpha value is -0.960. The molecule has 8 heteroatoms. The highest BCUT2D eigenvalue weighted by Gasteiger charge is 2.27. The summed E-state index contributed by atoms with van der Waals surface area (Å²) in [4.78, 5) is 0. The molecule has 1 unspecified atom stereocenters. The van der Waals surface area contributed by atoms with Crippen molar-refractivity contribution in [2.45, 2.75) is 19.3 Å². The highest BCUT2D eigenvalue weighted by molar-refractivity contribution is 7.87. The Morgan fingerprint density at radius 3 is 3.00 bits per heavy atom. The van der Waals surface area contributed by atoms with Crippen molar-refractivity contribution in [1.82, 2.24) is 18.8 Å². The summed E-state index contributed by atoms with van der Waals surface area (Å²) in [5, 5.41) is 4.22. The zero-order valence-electron chi connectivity index (χ0n) is 11.8. The molecule has 0 radical (unpaired) electrons. The van der Waals surface area contributed by atoms with Crippen molar-refractivity contribution in [1.29, 1.82) is 0 Å². The SMILES string of the molecule is Cn1ccc(CCNS(=O)(=O)N2CCCC(CN)C2)n1. The third kappa shape index (κ3) is 4.02. The van der Waals surface area contributed by atoms with Crippen LogP contribution in [0.1, 0.15) is 18.5 Å². The molecule has 0 aromatic carbocycles. The van der Waals surface area contributed by atoms with Crippen LogP contribution in [0.4, 0.5) is 0 Å². The smallest absolute Gasteiger partial charge is 0.279 e. The van der Waals surface area contributed by atoms with Gasteiger partial charge in [-0.2, -0.15) is 17.8 Å². The first kappa shape index (κ1) is 15.4. The molecule has 1 fully saturated rings. The van der Waals surface area contributed by atoms with Gasteiger partial charge in [0.15, 0.2) is 0 Å². The molecule has 0 aliphatic carbocycles. The highest BCUT2D eigenvalue weighted by Crippen LogP contribution is 2.17. The fourth-order valence-electron chi connectivity index (χ4n) is 2.43. The number of hydrogen-bond acceptors (Lipinski definition) is 4. The average molecular weight is 301 g/mol. The molecule has 1 atom stereocenters. The van der Waals surface area contributed by atoms with E-state index < -0.39 is 10.2 Å². The molecule has 0 spiro atoms. The number of nitrogens with one attached hydrogen (secondary N) is 1. The van der Waals surface area contributed by atoms with Crippen LogP contribution in [0.15, 0.2) is 12.3 Å². The maximum absolute atomic E-state index is 12.2. The fraction of sp³-hybridized carbons (Fsp3) is 0.750. The molecule has 0 bridgehead atoms. The van der Waals surface area contributed by atoms with Gasteiger partial charge in [-0.1, -0.05) is 0 Å². The first-order valence-electron chi connectivity index (χ1n) is 6.94. The lowest BCUT2D eigenvalue weighted by molar-refractivity contribution is 0.269. The Morgan fingerprint density at radius 1 is 1.55 bits per heavy atom. The molecular weight excluding hydrogens is 278 g/mol. The highest BCUT2D eigenvalue weighted by atomic mass is 32.2. The lowest BCUT2D eigenvalue weighted by Crippen LogP contribution is -2.47. The van der Waals surface area contributed by atoms with Crippen LogP contribution in [0.25, 0.3) is 0 Å². The summed E-state index contributed by atoms with van der Waals surface area (Å²) < 4.78 is 30.2. The van der Waals surface area contributed by atoms with E-state index in [1.807, 2.05) is 19.3 Å². The Morgan fingerprint density at radius 2 is 2.35 bits per heavy atom. The number of aryl methyl sites for hydroxylation is 1. The molecule has 1 aromatic rings. The molecule has 2 heterocycles. The predicted molar refractivity (Wildman–Crippen MR) is 77.2 cm³/mol. The zero-order valence-corrected chi connectivity index (χ0v) is 12.6. The first-order chi connectivity index (χ1) is 9.51. The minimum atomic E-state index is -3.40. The van der Waals surface area contributed by atoms with Crippen LogP contribution < -0.4 is 10.5 Å². The molecule has 1 aliphatic rings. The van der Waals surface area contributed by atoms with Crippen LogP contribution >= 0.6 is 0 Å². The van der Waals surface area contributed by atoms with Crippen LogP contribution in [0, 0.1) is 5.92 Å². The predicted octanol–water partition coefficient (Wildman–Crippen LogP) is -0.532. The van der Waals surface area contributed by atoms with Gasteiger partial charge in [-0.05, 0) is 31.4 Å². The lowest BCUT2D eigenvalue weighted by atomic mass is 10.0. The summed E-state index contributed by atoms with van der Waals surface area (Å²) in [5.74, 6) is 0.274. The minimum absolute atomic E-state index is 0.274. The van der Waals surface area contributed by atoms with Gasteiger partial charge in [0.25, 0.3) is 10.2 Å². The summed E-state index contributed by atoms with van der Waals surface area (Å²) in [6, 6.07) is 1.89. The maximum atomic E-state index is 12.2. The number of nitrogens with zero attached hydrogens (tertiary/aromatic N) is 3. The van der Waals surface area contributed by atoms with Crippen LogP contribution in [-0.2, 0) is 23.7 Å². The number of rotatable bonds is 6. The van der Waals surface area contributed by atoms with Crippen molar-refractivity contribution in [3.63, 3.8) is 0 Å². The van der Waals surface area contributed by atoms with E-state index in [2.05, 4.69) is 9.82 Å². The van der Waals surface area contributed by atoms with E-state index in [4.69, 9.17) is 5.73 Å². The summed E-state index contributed by atoms with van der Waals surface area (Å²) in [7, 11) is -1.55. The van der Waals surface area contributed by atoms with Gasteiger partial charge in [-0.3, -0.25) is 4.68 Å². The molecule has 20 heavy (non-hydrogen) atoms. The molecule has 1 aromatic heterocycles. The van der Waals surface area contributed by atoms with E-state index in [0.29, 0.717) is 32.6 Å². The molecule has 114 valence electrons. The first-order valence-corrected chi connectivity index (χ1v) is 8.38. The average Bonchev–Trinajstić information content (AvgIpc) is 2.84. The van der Waals surface area contributed by atoms with Gasteiger partial charge in [-0.25, -0.2) is 4.72 Å². The van der Waals surface area contributed by atoms with Crippen LogP contribution in [0.2, 0.25) is 0 Å². The summed E-state index contributed by atoms with van der Waals surface area (Å²) in [6.07, 6.45) is 4.33. The van der Waals surface area contributed by atoms with Crippen molar-refractivity contribution < 1.29 is 8.42 Å². The van der Waals surface area contributed by atoms with Gasteiger partial charge in [0.2, 0.25) is 0 Å². The standard InChI is InChI=1S/C12H23N5O2S/c1-16-8-5-12(15-16)4-6-14-20(18,19)17-7-2-3-11(9-13)10-17/h5,8,11,14H,2-4,6-7,9-10,13H2,1H3. The van der Waals surface area contributed by atoms with E-state index in [9.17, 15) is 8.42 Å². The van der Waals surface area contributed by atoms with E-state index in [1.165, 1.54) is 4.31 Å². The van der Waals surface area contributed by atoms with Gasteiger partial charge >= 0.3 is 0 Å². The molecule has 2 rings (SSSR count). The number of nitrogens with two attached hydrogens (primary N) is 1. The second-order valence-corrected chi connectivity index (χ2v) is 6.99. The molecule has 1 aliphatic heterocycles. The van der Waals surface area contributed by atoms with E-state index in [0.717, 1.165) is 18.5 Å². The number of piperidine rings is 1. The fourth-order valence-corrected chi connectivity index (χ4v) is 3.75. The van der Waals surface area contributed by atoms with Crippen molar-refractivity contribution >= 4 is 10.2 Å². The normalized spacial score (nSPS) is 21.2. The monoisotopic (exact) mass is 301 g/mol. The molecule has 0 saturated carbocycles. The number of aromatic nitrogens is 2. The summed E-state index contributed by atoms with van der Waals surface area (Å²) in [5.41, 5.74) is 6.52. The Balaban J connectivity index is 1.84. The van der Waals surface area contributed by atoms with Gasteiger partial charge in [0.1, 0.15) is 0 Å². The minimum Gasteiger partial charge on any atom is -0.330 e. The zero-order chi connectivity index (χ0) is 14.6. The molecule has 1 saturated heterocycles. The third-order valence-corrected chi connectivity index (χ3v) is 5.17. The summed E-state index contributed by atoms with van der Waals surface area (Å²) >= 11 is 0. The van der Waals surface area contributed by atoms with Gasteiger partial charge in [-0.15, -0.1) is 0 Å². The Kier molecular flexibility index (Phi) is 5.14. The van der Waals surface area contributed by atoms with Crippen molar-refractivity contribution in [3.8, 4) is 0 Å². The largest absolute Gasteiger partial charge is 0.330 e. The summed E-state index contributed by atoms with van der Waals surface area (Å²) in [6.45, 7) is 2.01. The van der Waals surface area contributed by atoms with Crippen molar-refractivity contribution in [3.05, 3.63) is 18.0 Å². The van der Waals surface area contributed by atoms with Gasteiger partial charge < -0.3 is 5.73 Å². The van der Waals surface area contributed by atoms with Crippen molar-refractivity contribution in [2.75, 3.05) is 26.2 Å². The van der Waals surface area contributed by atoms with Crippen LogP contribution in [0.3, 0.4) is 0 Å². The Bertz CT molecular complexity index is 528. The third-order valence-electron chi connectivity index (χ3n) is 3.59. The molecule has 0 amide bonds. The van der Waals surface area contributed by atoms with Gasteiger partial charge in [0, 0.05) is 39.3 Å². The quantitative estimate of drug-likeness (QED) is 0.738. The van der Waals surface area contributed by atoms with Crippen LogP contribution in [-0.4, -0.2) is 48.7 Å². The maximum Gasteiger partial charge on any atom is 0.279 e. The topological polar surface area (TPSA) is 93.2 Å². The van der Waals surface area contributed by atoms with E-state index in [-0.39, 0.29) is 5.92 Å². The number of hydrogen-bond donors (Lipinski definition) is 2. The molecular formula is C12H23N5O2S. The molecule has 3 N–H and O–H groups in total. The van der Waals surface area contributed by atoms with Gasteiger partial charge in [0.05, 0.1) is 5.69 Å². The van der Waals surface area contributed by atoms with Crippen LogP contribution in [0.5, 0.6) is 0 Å². The van der Waals surface area contributed by atoms with Crippen molar-refractivity contribution in [2.24, 2.45) is 18.7 Å².